The van der Waals surface area contributed by atoms with E-state index in [0.29, 0.717) is 31.9 Å². The molecule has 150 valence electrons. The lowest BCUT2D eigenvalue weighted by molar-refractivity contribution is 0.260. The molecule has 0 spiro atoms. The van der Waals surface area contributed by atoms with Crippen LogP contribution in [0.1, 0.15) is 16.1 Å². The number of aliphatic imine (C=N–C) groups is 1. The van der Waals surface area contributed by atoms with Gasteiger partial charge in [-0.3, -0.25) is 4.99 Å². The molecule has 1 fully saturated rings. The number of nitrogens with one attached hydrogen (secondary N) is 1. The molecule has 3 heterocycles. The first-order valence-corrected chi connectivity index (χ1v) is 10.8. The number of thiophene rings is 1. The molecular weight excluding hydrogens is 501 g/mol. The first-order valence-electron chi connectivity index (χ1n) is 8.35. The minimum absolute atomic E-state index is 0. The third-order valence-electron chi connectivity index (χ3n) is 4.34. The van der Waals surface area contributed by atoms with E-state index in [4.69, 9.17) is 4.52 Å². The summed E-state index contributed by atoms with van der Waals surface area (Å²) >= 11 is 1.72. The zero-order chi connectivity index (χ0) is 18.6. The summed E-state index contributed by atoms with van der Waals surface area (Å²) in [5.41, 5.74) is 1.69. The number of sulfonamides is 1. The average molecular weight is 525 g/mol. The fraction of sp³-hybridized carbons (Fsp3) is 0.500. The molecule has 1 aliphatic heterocycles. The van der Waals surface area contributed by atoms with E-state index in [-0.39, 0.29) is 29.7 Å². The summed E-state index contributed by atoms with van der Waals surface area (Å²) < 4.78 is 31.2. The van der Waals surface area contributed by atoms with Gasteiger partial charge in [-0.15, -0.1) is 35.3 Å². The van der Waals surface area contributed by atoms with Crippen molar-refractivity contribution in [1.29, 1.82) is 0 Å². The van der Waals surface area contributed by atoms with Crippen LogP contribution in [0.4, 0.5) is 0 Å². The molecule has 0 atom stereocenters. The van der Waals surface area contributed by atoms with E-state index in [0.717, 1.165) is 12.5 Å². The summed E-state index contributed by atoms with van der Waals surface area (Å²) in [6.45, 7) is 4.87. The number of nitrogens with zero attached hydrogens (tertiary/aromatic N) is 4. The van der Waals surface area contributed by atoms with Gasteiger partial charge in [0.2, 0.25) is 10.0 Å². The Morgan fingerprint density at radius 3 is 2.63 bits per heavy atom. The van der Waals surface area contributed by atoms with Gasteiger partial charge in [0.1, 0.15) is 12.0 Å². The molecule has 0 aromatic carbocycles. The van der Waals surface area contributed by atoms with Gasteiger partial charge < -0.3 is 14.7 Å². The van der Waals surface area contributed by atoms with E-state index in [9.17, 15) is 8.42 Å². The number of halogens is 1. The smallest absolute Gasteiger partial charge is 0.220 e. The predicted molar refractivity (Wildman–Crippen MR) is 117 cm³/mol. The lowest BCUT2D eigenvalue weighted by atomic mass is 10.3. The first kappa shape index (κ1) is 22.1. The Kier molecular flexibility index (Phi) is 8.06. The molecule has 1 N–H and O–H groups in total. The van der Waals surface area contributed by atoms with Crippen LogP contribution >= 0.6 is 35.3 Å². The lowest BCUT2D eigenvalue weighted by Gasteiger charge is -2.35. The molecule has 0 saturated carbocycles. The van der Waals surface area contributed by atoms with Crippen LogP contribution in [0.15, 0.2) is 33.3 Å². The number of hydrogen-bond donors (Lipinski definition) is 1. The van der Waals surface area contributed by atoms with Gasteiger partial charge in [-0.25, -0.2) is 8.42 Å². The molecular formula is C16H24IN5O3S2. The number of piperazine rings is 1. The Morgan fingerprint density at radius 2 is 2.07 bits per heavy atom. The Hall–Kier alpha value is -1.18. The van der Waals surface area contributed by atoms with Crippen molar-refractivity contribution in [3.63, 3.8) is 0 Å². The van der Waals surface area contributed by atoms with Crippen molar-refractivity contribution in [2.24, 2.45) is 4.99 Å². The topological polar surface area (TPSA) is 91.0 Å². The molecule has 1 aliphatic rings. The maximum atomic E-state index is 12.5. The van der Waals surface area contributed by atoms with Crippen LogP contribution in [0.3, 0.4) is 0 Å². The molecule has 0 unspecified atom stereocenters. The van der Waals surface area contributed by atoms with Crippen LogP contribution in [-0.2, 0) is 22.3 Å². The fourth-order valence-corrected chi connectivity index (χ4v) is 5.12. The number of aryl methyl sites for hydroxylation is 1. The summed E-state index contributed by atoms with van der Waals surface area (Å²) in [5.74, 6) is 0.667. The van der Waals surface area contributed by atoms with Gasteiger partial charge in [0.05, 0.1) is 12.2 Å². The summed E-state index contributed by atoms with van der Waals surface area (Å²) in [6, 6.07) is 3.68. The highest BCUT2D eigenvalue weighted by atomic mass is 127. The van der Waals surface area contributed by atoms with Gasteiger partial charge in [-0.1, -0.05) is 5.16 Å². The van der Waals surface area contributed by atoms with E-state index in [1.54, 1.807) is 24.5 Å². The molecule has 8 nitrogen and oxygen atoms in total. The Balaban J connectivity index is 0.00000261. The van der Waals surface area contributed by atoms with Crippen molar-refractivity contribution >= 4 is 51.3 Å². The second-order valence-electron chi connectivity index (χ2n) is 6.06. The van der Waals surface area contributed by atoms with Gasteiger partial charge in [-0.2, -0.15) is 4.31 Å². The second-order valence-corrected chi connectivity index (χ2v) is 9.03. The average Bonchev–Trinajstić information content (AvgIpc) is 3.27. The Morgan fingerprint density at radius 1 is 1.33 bits per heavy atom. The Labute approximate surface area is 180 Å². The molecule has 3 rings (SSSR count). The van der Waals surface area contributed by atoms with Gasteiger partial charge in [0.25, 0.3) is 0 Å². The van der Waals surface area contributed by atoms with Gasteiger partial charge in [0.15, 0.2) is 5.96 Å². The predicted octanol–water partition coefficient (Wildman–Crippen LogP) is 1.89. The Bertz CT molecular complexity index is 843. The van der Waals surface area contributed by atoms with Crippen molar-refractivity contribution < 1.29 is 12.9 Å². The van der Waals surface area contributed by atoms with E-state index in [1.807, 2.05) is 0 Å². The third-order valence-corrected chi connectivity index (χ3v) is 7.18. The largest absolute Gasteiger partial charge is 0.364 e. The minimum Gasteiger partial charge on any atom is -0.364 e. The normalized spacial score (nSPS) is 16.2. The van der Waals surface area contributed by atoms with Crippen LogP contribution in [-0.4, -0.2) is 62.0 Å². The molecule has 27 heavy (non-hydrogen) atoms. The number of hydrogen-bond acceptors (Lipinski definition) is 6. The van der Waals surface area contributed by atoms with E-state index >= 15 is 0 Å². The van der Waals surface area contributed by atoms with Crippen molar-refractivity contribution in [2.75, 3.05) is 33.2 Å². The molecule has 2 aromatic heterocycles. The molecule has 11 heteroatoms. The fourth-order valence-electron chi connectivity index (χ4n) is 2.85. The highest BCUT2D eigenvalue weighted by Gasteiger charge is 2.29. The third kappa shape index (κ3) is 5.65. The molecule has 0 aliphatic carbocycles. The van der Waals surface area contributed by atoms with E-state index < -0.39 is 10.0 Å². The van der Waals surface area contributed by atoms with Crippen molar-refractivity contribution in [3.05, 3.63) is 39.9 Å². The summed E-state index contributed by atoms with van der Waals surface area (Å²) in [4.78, 5) is 7.70. The summed E-state index contributed by atoms with van der Waals surface area (Å²) in [5, 5.41) is 9.13. The van der Waals surface area contributed by atoms with Crippen LogP contribution in [0, 0.1) is 6.92 Å². The van der Waals surface area contributed by atoms with Crippen molar-refractivity contribution in [2.45, 2.75) is 19.2 Å². The zero-order valence-electron chi connectivity index (χ0n) is 15.3. The van der Waals surface area contributed by atoms with Crippen LogP contribution < -0.4 is 5.32 Å². The maximum absolute atomic E-state index is 12.5. The highest BCUT2D eigenvalue weighted by Crippen LogP contribution is 2.16. The molecule has 1 saturated heterocycles. The zero-order valence-corrected chi connectivity index (χ0v) is 19.3. The first-order chi connectivity index (χ1) is 12.5. The van der Waals surface area contributed by atoms with Gasteiger partial charge in [-0.05, 0) is 23.9 Å². The van der Waals surface area contributed by atoms with Crippen LogP contribution in [0.25, 0.3) is 0 Å². The number of guanidine groups is 1. The van der Waals surface area contributed by atoms with Gasteiger partial charge in [0, 0.05) is 44.2 Å². The molecule has 0 amide bonds. The van der Waals surface area contributed by atoms with Crippen LogP contribution in [0.2, 0.25) is 0 Å². The monoisotopic (exact) mass is 525 g/mol. The molecule has 2 aromatic rings. The minimum atomic E-state index is -3.39. The maximum Gasteiger partial charge on any atom is 0.220 e. The molecule has 0 radical (unpaired) electrons. The quantitative estimate of drug-likeness (QED) is 0.364. The van der Waals surface area contributed by atoms with E-state index in [1.165, 1.54) is 21.0 Å². The van der Waals surface area contributed by atoms with E-state index in [2.05, 4.69) is 38.7 Å². The van der Waals surface area contributed by atoms with Crippen molar-refractivity contribution in [1.82, 2.24) is 19.7 Å². The van der Waals surface area contributed by atoms with Crippen LogP contribution in [0.5, 0.6) is 0 Å². The van der Waals surface area contributed by atoms with Crippen molar-refractivity contribution in [3.8, 4) is 0 Å². The summed E-state index contributed by atoms with van der Waals surface area (Å²) in [6.07, 6.45) is 1.38. The standard InChI is InChI=1S/C16H23N5O3S2.HI/c1-13-4-10-25-15(13)11-18-16(17-2)20-5-7-21(8-6-20)26(22,23)12-14-3-9-24-19-14;/h3-4,9-10H,5-8,11-12H2,1-2H3,(H,17,18);1H. The lowest BCUT2D eigenvalue weighted by Crippen LogP contribution is -2.53. The number of rotatable bonds is 5. The molecule has 0 bridgehead atoms. The summed E-state index contributed by atoms with van der Waals surface area (Å²) in [7, 11) is -1.64. The highest BCUT2D eigenvalue weighted by molar-refractivity contribution is 14.0. The SMILES string of the molecule is CN=C(NCc1sccc1C)N1CCN(S(=O)(=O)Cc2ccon2)CC1.I. The van der Waals surface area contributed by atoms with Gasteiger partial charge >= 0.3 is 0 Å². The number of aromatic nitrogens is 1. The second kappa shape index (κ2) is 9.85.